The molecule has 0 aromatic heterocycles. The zero-order chi connectivity index (χ0) is 13.9. The lowest BCUT2D eigenvalue weighted by atomic mass is 9.82. The second kappa shape index (κ2) is 6.25. The van der Waals surface area contributed by atoms with E-state index in [-0.39, 0.29) is 5.54 Å². The zero-order valence-electron chi connectivity index (χ0n) is 12.2. The van der Waals surface area contributed by atoms with E-state index in [0.717, 1.165) is 11.6 Å². The standard InChI is InChI=1S/C16H25ClN2/c1-4-18-15(13-7-9-14(17)10-8-13)16(19(2)3)11-5-6-12-16/h7-10,15,18H,4-6,11-12H2,1-3H3. The molecular weight excluding hydrogens is 256 g/mol. The van der Waals surface area contributed by atoms with Crippen molar-refractivity contribution in [2.75, 3.05) is 20.6 Å². The number of rotatable bonds is 5. The van der Waals surface area contributed by atoms with Gasteiger partial charge in [-0.1, -0.05) is 43.5 Å². The summed E-state index contributed by atoms with van der Waals surface area (Å²) in [4.78, 5) is 2.42. The van der Waals surface area contributed by atoms with Crippen molar-refractivity contribution in [3.63, 3.8) is 0 Å². The van der Waals surface area contributed by atoms with Crippen LogP contribution in [0.4, 0.5) is 0 Å². The van der Waals surface area contributed by atoms with Gasteiger partial charge >= 0.3 is 0 Å². The quantitative estimate of drug-likeness (QED) is 0.881. The highest BCUT2D eigenvalue weighted by atomic mass is 35.5. The minimum absolute atomic E-state index is 0.240. The molecule has 0 saturated heterocycles. The van der Waals surface area contributed by atoms with Gasteiger partial charge < -0.3 is 10.2 Å². The normalized spacial score (nSPS) is 19.8. The largest absolute Gasteiger partial charge is 0.309 e. The molecule has 0 aliphatic heterocycles. The zero-order valence-corrected chi connectivity index (χ0v) is 13.0. The van der Waals surface area contributed by atoms with Gasteiger partial charge in [-0.3, -0.25) is 0 Å². The van der Waals surface area contributed by atoms with Crippen LogP contribution in [0.5, 0.6) is 0 Å². The van der Waals surface area contributed by atoms with Crippen molar-refractivity contribution in [2.24, 2.45) is 0 Å². The van der Waals surface area contributed by atoms with Crippen LogP contribution >= 0.6 is 11.6 Å². The van der Waals surface area contributed by atoms with Crippen LogP contribution in [0.1, 0.15) is 44.2 Å². The molecule has 3 heteroatoms. The summed E-state index contributed by atoms with van der Waals surface area (Å²) in [5.41, 5.74) is 1.59. The number of hydrogen-bond acceptors (Lipinski definition) is 2. The van der Waals surface area contributed by atoms with Crippen molar-refractivity contribution in [1.29, 1.82) is 0 Å². The molecule has 1 unspecified atom stereocenters. The van der Waals surface area contributed by atoms with Gasteiger partial charge in [-0.25, -0.2) is 0 Å². The maximum Gasteiger partial charge on any atom is 0.0506 e. The van der Waals surface area contributed by atoms with Gasteiger partial charge in [0.1, 0.15) is 0 Å². The van der Waals surface area contributed by atoms with E-state index in [0.29, 0.717) is 6.04 Å². The van der Waals surface area contributed by atoms with Crippen molar-refractivity contribution < 1.29 is 0 Å². The summed E-state index contributed by atoms with van der Waals surface area (Å²) in [5, 5.41) is 4.51. The lowest BCUT2D eigenvalue weighted by molar-refractivity contribution is 0.105. The predicted molar refractivity (Wildman–Crippen MR) is 82.8 cm³/mol. The molecule has 0 bridgehead atoms. The van der Waals surface area contributed by atoms with Gasteiger partial charge in [0, 0.05) is 10.6 Å². The van der Waals surface area contributed by atoms with Gasteiger partial charge in [0.25, 0.3) is 0 Å². The van der Waals surface area contributed by atoms with E-state index in [9.17, 15) is 0 Å². The molecule has 0 heterocycles. The van der Waals surface area contributed by atoms with E-state index in [4.69, 9.17) is 11.6 Å². The Labute approximate surface area is 122 Å². The second-order valence-corrected chi connectivity index (χ2v) is 6.18. The van der Waals surface area contributed by atoms with Crippen molar-refractivity contribution >= 4 is 11.6 Å². The molecule has 19 heavy (non-hydrogen) atoms. The summed E-state index contributed by atoms with van der Waals surface area (Å²) in [5.74, 6) is 0. The Hall–Kier alpha value is -0.570. The summed E-state index contributed by atoms with van der Waals surface area (Å²) in [6.45, 7) is 3.17. The Kier molecular flexibility index (Phi) is 4.88. The fourth-order valence-electron chi connectivity index (χ4n) is 3.46. The minimum Gasteiger partial charge on any atom is -0.309 e. The van der Waals surface area contributed by atoms with Gasteiger partial charge in [0.15, 0.2) is 0 Å². The van der Waals surface area contributed by atoms with Crippen LogP contribution in [-0.4, -0.2) is 31.1 Å². The molecule has 1 aromatic carbocycles. The van der Waals surface area contributed by atoms with Crippen LogP contribution in [0.25, 0.3) is 0 Å². The molecule has 2 rings (SSSR count). The van der Waals surface area contributed by atoms with Crippen LogP contribution in [0, 0.1) is 0 Å². The molecule has 0 radical (unpaired) electrons. The van der Waals surface area contributed by atoms with Crippen molar-refractivity contribution in [3.05, 3.63) is 34.9 Å². The van der Waals surface area contributed by atoms with Gasteiger partial charge in [0.2, 0.25) is 0 Å². The molecule has 1 aliphatic carbocycles. The second-order valence-electron chi connectivity index (χ2n) is 5.75. The molecule has 0 amide bonds. The number of benzene rings is 1. The van der Waals surface area contributed by atoms with Gasteiger partial charge in [-0.2, -0.15) is 0 Å². The first-order valence-electron chi connectivity index (χ1n) is 7.26. The lowest BCUT2D eigenvalue weighted by Gasteiger charge is -2.44. The SMILES string of the molecule is CCNC(c1ccc(Cl)cc1)C1(N(C)C)CCCC1. The Morgan fingerprint density at radius 2 is 1.79 bits per heavy atom. The smallest absolute Gasteiger partial charge is 0.0506 e. The maximum absolute atomic E-state index is 6.02. The summed E-state index contributed by atoms with van der Waals surface area (Å²) < 4.78 is 0. The lowest BCUT2D eigenvalue weighted by Crippen LogP contribution is -2.52. The first-order chi connectivity index (χ1) is 9.10. The Bertz CT molecular complexity index is 394. The van der Waals surface area contributed by atoms with Gasteiger partial charge in [0.05, 0.1) is 6.04 Å². The third kappa shape index (κ3) is 2.96. The molecule has 1 fully saturated rings. The molecule has 106 valence electrons. The molecule has 2 nitrogen and oxygen atoms in total. The van der Waals surface area contributed by atoms with E-state index < -0.39 is 0 Å². The minimum atomic E-state index is 0.240. The van der Waals surface area contributed by atoms with E-state index in [1.807, 2.05) is 12.1 Å². The van der Waals surface area contributed by atoms with Crippen molar-refractivity contribution in [3.8, 4) is 0 Å². The fourth-order valence-corrected chi connectivity index (χ4v) is 3.58. The highest BCUT2D eigenvalue weighted by Gasteiger charge is 2.43. The number of likely N-dealkylation sites (N-methyl/N-ethyl adjacent to an activating group) is 2. The third-order valence-electron chi connectivity index (χ3n) is 4.51. The number of hydrogen-bond donors (Lipinski definition) is 1. The fraction of sp³-hybridized carbons (Fsp3) is 0.625. The summed E-state index contributed by atoms with van der Waals surface area (Å²) >= 11 is 6.02. The van der Waals surface area contributed by atoms with Crippen LogP contribution in [0.2, 0.25) is 5.02 Å². The summed E-state index contributed by atoms with van der Waals surface area (Å²) in [7, 11) is 4.43. The van der Waals surface area contributed by atoms with Crippen LogP contribution in [-0.2, 0) is 0 Å². The Morgan fingerprint density at radius 1 is 1.21 bits per heavy atom. The molecule has 1 atom stereocenters. The third-order valence-corrected chi connectivity index (χ3v) is 4.76. The topological polar surface area (TPSA) is 15.3 Å². The van der Waals surface area contributed by atoms with Gasteiger partial charge in [-0.15, -0.1) is 0 Å². The average molecular weight is 281 g/mol. The van der Waals surface area contributed by atoms with Crippen molar-refractivity contribution in [2.45, 2.75) is 44.2 Å². The molecule has 1 N–H and O–H groups in total. The number of halogens is 1. The Morgan fingerprint density at radius 3 is 2.26 bits per heavy atom. The first kappa shape index (κ1) is 14.8. The maximum atomic E-state index is 6.02. The summed E-state index contributed by atoms with van der Waals surface area (Å²) in [6.07, 6.45) is 5.18. The number of nitrogens with one attached hydrogen (secondary N) is 1. The molecule has 1 saturated carbocycles. The predicted octanol–water partition coefficient (Wildman–Crippen LogP) is 3.87. The van der Waals surface area contributed by atoms with Gasteiger partial charge in [-0.05, 0) is 51.2 Å². The van der Waals surface area contributed by atoms with E-state index >= 15 is 0 Å². The van der Waals surface area contributed by atoms with E-state index in [2.05, 4.69) is 43.4 Å². The molecule has 1 aliphatic rings. The molecular formula is C16H25ClN2. The van der Waals surface area contributed by atoms with Crippen molar-refractivity contribution in [1.82, 2.24) is 10.2 Å². The van der Waals surface area contributed by atoms with E-state index in [1.54, 1.807) is 0 Å². The highest BCUT2D eigenvalue weighted by Crippen LogP contribution is 2.43. The highest BCUT2D eigenvalue weighted by molar-refractivity contribution is 6.30. The van der Waals surface area contributed by atoms with E-state index in [1.165, 1.54) is 31.2 Å². The Balaban J connectivity index is 2.35. The van der Waals surface area contributed by atoms with Crippen LogP contribution in [0.3, 0.4) is 0 Å². The summed E-state index contributed by atoms with van der Waals surface area (Å²) in [6, 6.07) is 8.71. The van der Waals surface area contributed by atoms with Crippen LogP contribution in [0.15, 0.2) is 24.3 Å². The molecule has 1 aromatic rings. The number of nitrogens with zero attached hydrogens (tertiary/aromatic N) is 1. The average Bonchev–Trinajstić information content (AvgIpc) is 2.88. The first-order valence-corrected chi connectivity index (χ1v) is 7.64. The molecule has 0 spiro atoms. The van der Waals surface area contributed by atoms with Crippen LogP contribution < -0.4 is 5.32 Å². The monoisotopic (exact) mass is 280 g/mol.